The second-order valence-corrected chi connectivity index (χ2v) is 4.70. The van der Waals surface area contributed by atoms with Crippen molar-refractivity contribution in [2.24, 2.45) is 0 Å². The summed E-state index contributed by atoms with van der Waals surface area (Å²) in [6.45, 7) is 2.76. The number of hydrogen-bond acceptors (Lipinski definition) is 4. The SMILES string of the molecule is Cc1cc(-c2ccncc2)nc(CNC2CC2)n1. The van der Waals surface area contributed by atoms with E-state index in [-0.39, 0.29) is 0 Å². The third kappa shape index (κ3) is 2.71. The predicted octanol–water partition coefficient (Wildman–Crippen LogP) is 2.10. The second kappa shape index (κ2) is 4.82. The summed E-state index contributed by atoms with van der Waals surface area (Å²) in [6.07, 6.45) is 6.13. The van der Waals surface area contributed by atoms with Crippen molar-refractivity contribution in [3.8, 4) is 11.3 Å². The topological polar surface area (TPSA) is 50.7 Å². The van der Waals surface area contributed by atoms with Gasteiger partial charge in [-0.1, -0.05) is 0 Å². The van der Waals surface area contributed by atoms with Gasteiger partial charge < -0.3 is 5.32 Å². The predicted molar refractivity (Wildman–Crippen MR) is 69.9 cm³/mol. The average Bonchev–Trinajstić information content (AvgIpc) is 3.21. The fourth-order valence-corrected chi connectivity index (χ4v) is 1.90. The smallest absolute Gasteiger partial charge is 0.143 e. The van der Waals surface area contributed by atoms with E-state index in [0.717, 1.165) is 29.3 Å². The molecule has 0 amide bonds. The van der Waals surface area contributed by atoms with Crippen LogP contribution in [0, 0.1) is 6.92 Å². The van der Waals surface area contributed by atoms with Gasteiger partial charge in [-0.2, -0.15) is 0 Å². The highest BCUT2D eigenvalue weighted by molar-refractivity contribution is 5.58. The fraction of sp³-hybridized carbons (Fsp3) is 0.357. The van der Waals surface area contributed by atoms with Gasteiger partial charge in [-0.15, -0.1) is 0 Å². The molecule has 1 aliphatic carbocycles. The minimum atomic E-state index is 0.679. The van der Waals surface area contributed by atoms with E-state index in [0.29, 0.717) is 6.04 Å². The zero-order valence-corrected chi connectivity index (χ0v) is 10.4. The van der Waals surface area contributed by atoms with Crippen LogP contribution in [0.4, 0.5) is 0 Å². The maximum atomic E-state index is 4.60. The van der Waals surface area contributed by atoms with Gasteiger partial charge in [0.25, 0.3) is 0 Å². The van der Waals surface area contributed by atoms with Crippen molar-refractivity contribution in [3.63, 3.8) is 0 Å². The molecule has 1 saturated carbocycles. The molecule has 2 aromatic heterocycles. The van der Waals surface area contributed by atoms with Crippen LogP contribution < -0.4 is 5.32 Å². The molecule has 3 rings (SSSR count). The molecule has 0 aromatic carbocycles. The Hall–Kier alpha value is -1.81. The molecule has 1 aliphatic rings. The van der Waals surface area contributed by atoms with Crippen LogP contribution in [0.25, 0.3) is 11.3 Å². The number of nitrogens with zero attached hydrogens (tertiary/aromatic N) is 3. The Labute approximate surface area is 107 Å². The minimum absolute atomic E-state index is 0.679. The molecule has 0 radical (unpaired) electrons. The lowest BCUT2D eigenvalue weighted by Gasteiger charge is -2.06. The van der Waals surface area contributed by atoms with Gasteiger partial charge in [0, 0.05) is 29.7 Å². The number of aryl methyl sites for hydroxylation is 1. The first-order valence-corrected chi connectivity index (χ1v) is 6.29. The summed E-state index contributed by atoms with van der Waals surface area (Å²) in [5.74, 6) is 0.869. The molecule has 0 spiro atoms. The van der Waals surface area contributed by atoms with Gasteiger partial charge >= 0.3 is 0 Å². The Morgan fingerprint density at radius 3 is 2.72 bits per heavy atom. The molecule has 0 atom stereocenters. The van der Waals surface area contributed by atoms with Crippen LogP contribution in [0.3, 0.4) is 0 Å². The molecule has 18 heavy (non-hydrogen) atoms. The van der Waals surface area contributed by atoms with Crippen molar-refractivity contribution in [2.75, 3.05) is 0 Å². The van der Waals surface area contributed by atoms with Crippen LogP contribution >= 0.6 is 0 Å². The fourth-order valence-electron chi connectivity index (χ4n) is 1.90. The van der Waals surface area contributed by atoms with Crippen molar-refractivity contribution >= 4 is 0 Å². The molecule has 1 N–H and O–H groups in total. The Bertz CT molecular complexity index is 535. The van der Waals surface area contributed by atoms with Gasteiger partial charge in [-0.05, 0) is 38.0 Å². The van der Waals surface area contributed by atoms with Crippen molar-refractivity contribution in [3.05, 3.63) is 42.1 Å². The van der Waals surface area contributed by atoms with Crippen LogP contribution in [-0.2, 0) is 6.54 Å². The maximum Gasteiger partial charge on any atom is 0.143 e. The summed E-state index contributed by atoms with van der Waals surface area (Å²) < 4.78 is 0. The van der Waals surface area contributed by atoms with Gasteiger partial charge in [-0.3, -0.25) is 4.98 Å². The molecule has 92 valence electrons. The van der Waals surface area contributed by atoms with E-state index in [1.807, 2.05) is 25.1 Å². The van der Waals surface area contributed by atoms with Gasteiger partial charge in [0.05, 0.1) is 12.2 Å². The summed E-state index contributed by atoms with van der Waals surface area (Å²) in [4.78, 5) is 13.1. The zero-order valence-electron chi connectivity index (χ0n) is 10.4. The lowest BCUT2D eigenvalue weighted by atomic mass is 10.2. The molecule has 1 fully saturated rings. The van der Waals surface area contributed by atoms with Crippen LogP contribution in [-0.4, -0.2) is 21.0 Å². The van der Waals surface area contributed by atoms with Gasteiger partial charge in [0.2, 0.25) is 0 Å². The molecule has 0 unspecified atom stereocenters. The number of pyridine rings is 1. The van der Waals surface area contributed by atoms with E-state index in [4.69, 9.17) is 0 Å². The normalized spacial score (nSPS) is 14.7. The largest absolute Gasteiger partial charge is 0.307 e. The first kappa shape index (κ1) is 11.3. The summed E-state index contributed by atoms with van der Waals surface area (Å²) in [7, 11) is 0. The Kier molecular flexibility index (Phi) is 3.02. The molecule has 4 heteroatoms. The minimum Gasteiger partial charge on any atom is -0.307 e. The molecule has 0 aliphatic heterocycles. The zero-order chi connectivity index (χ0) is 12.4. The molecule has 4 nitrogen and oxygen atoms in total. The summed E-state index contributed by atoms with van der Waals surface area (Å²) in [6, 6.07) is 6.63. The highest BCUT2D eigenvalue weighted by Gasteiger charge is 2.20. The quantitative estimate of drug-likeness (QED) is 0.889. The molecule has 0 saturated heterocycles. The summed E-state index contributed by atoms with van der Waals surface area (Å²) >= 11 is 0. The Morgan fingerprint density at radius 2 is 2.00 bits per heavy atom. The van der Waals surface area contributed by atoms with Crippen molar-refractivity contribution in [1.29, 1.82) is 0 Å². The summed E-state index contributed by atoms with van der Waals surface area (Å²) in [5, 5.41) is 3.44. The third-order valence-corrected chi connectivity index (χ3v) is 3.00. The standard InChI is InChI=1S/C14H16N4/c1-10-8-13(11-4-6-15-7-5-11)18-14(17-10)9-16-12-2-3-12/h4-8,12,16H,2-3,9H2,1H3. The molecular formula is C14H16N4. The van der Waals surface area contributed by atoms with Crippen LogP contribution in [0.15, 0.2) is 30.6 Å². The average molecular weight is 240 g/mol. The van der Waals surface area contributed by atoms with Crippen LogP contribution in [0.2, 0.25) is 0 Å². The van der Waals surface area contributed by atoms with Crippen molar-refractivity contribution in [2.45, 2.75) is 32.4 Å². The Morgan fingerprint density at radius 1 is 1.22 bits per heavy atom. The van der Waals surface area contributed by atoms with E-state index >= 15 is 0 Å². The monoisotopic (exact) mass is 240 g/mol. The molecule has 0 bridgehead atoms. The Balaban J connectivity index is 1.85. The van der Waals surface area contributed by atoms with Crippen LogP contribution in [0.5, 0.6) is 0 Å². The summed E-state index contributed by atoms with van der Waals surface area (Å²) in [5.41, 5.74) is 3.06. The maximum absolute atomic E-state index is 4.60. The number of aromatic nitrogens is 3. The molecule has 2 aromatic rings. The van der Waals surface area contributed by atoms with E-state index in [2.05, 4.69) is 20.3 Å². The second-order valence-electron chi connectivity index (χ2n) is 4.70. The number of nitrogens with one attached hydrogen (secondary N) is 1. The number of rotatable bonds is 4. The third-order valence-electron chi connectivity index (χ3n) is 3.00. The highest BCUT2D eigenvalue weighted by Crippen LogP contribution is 2.20. The number of hydrogen-bond donors (Lipinski definition) is 1. The van der Waals surface area contributed by atoms with E-state index in [9.17, 15) is 0 Å². The van der Waals surface area contributed by atoms with Crippen molar-refractivity contribution < 1.29 is 0 Å². The van der Waals surface area contributed by atoms with E-state index in [1.54, 1.807) is 12.4 Å². The first-order chi connectivity index (χ1) is 8.81. The lowest BCUT2D eigenvalue weighted by Crippen LogP contribution is -2.17. The van der Waals surface area contributed by atoms with E-state index < -0.39 is 0 Å². The van der Waals surface area contributed by atoms with Gasteiger partial charge in [0.15, 0.2) is 0 Å². The molecule has 2 heterocycles. The van der Waals surface area contributed by atoms with Gasteiger partial charge in [-0.25, -0.2) is 9.97 Å². The first-order valence-electron chi connectivity index (χ1n) is 6.29. The van der Waals surface area contributed by atoms with Gasteiger partial charge in [0.1, 0.15) is 5.82 Å². The van der Waals surface area contributed by atoms with Crippen LogP contribution in [0.1, 0.15) is 24.4 Å². The molecular weight excluding hydrogens is 224 g/mol. The van der Waals surface area contributed by atoms with Crippen molar-refractivity contribution in [1.82, 2.24) is 20.3 Å². The lowest BCUT2D eigenvalue weighted by molar-refractivity contribution is 0.656. The highest BCUT2D eigenvalue weighted by atomic mass is 15.0. The van der Waals surface area contributed by atoms with E-state index in [1.165, 1.54) is 12.8 Å².